The van der Waals surface area contributed by atoms with E-state index in [2.05, 4.69) is 0 Å². The predicted molar refractivity (Wildman–Crippen MR) is 96.7 cm³/mol. The minimum Gasteiger partial charge on any atom is -0.493 e. The summed E-state index contributed by atoms with van der Waals surface area (Å²) in [5.74, 6) is 1.28. The molecular weight excluding hydrogens is 338 g/mol. The second kappa shape index (κ2) is 6.69. The number of fused-ring (bicyclic) bond motifs is 1. The summed E-state index contributed by atoms with van der Waals surface area (Å²) in [7, 11) is -0.366. The van der Waals surface area contributed by atoms with Crippen LogP contribution in [0.5, 0.6) is 11.5 Å². The Morgan fingerprint density at radius 2 is 1.76 bits per heavy atom. The molecule has 6 heteroatoms. The van der Waals surface area contributed by atoms with Crippen molar-refractivity contribution in [2.24, 2.45) is 0 Å². The average Bonchev–Trinajstić information content (AvgIpc) is 2.60. The van der Waals surface area contributed by atoms with Crippen molar-refractivity contribution in [2.75, 3.05) is 20.8 Å². The maximum atomic E-state index is 13.1. The molecule has 25 heavy (non-hydrogen) atoms. The Morgan fingerprint density at radius 3 is 2.40 bits per heavy atom. The van der Waals surface area contributed by atoms with Gasteiger partial charge in [0.2, 0.25) is 10.0 Å². The lowest BCUT2D eigenvalue weighted by Crippen LogP contribution is -2.38. The second-order valence-electron chi connectivity index (χ2n) is 6.26. The van der Waals surface area contributed by atoms with E-state index < -0.39 is 10.0 Å². The Hall–Kier alpha value is -2.05. The van der Waals surface area contributed by atoms with Gasteiger partial charge in [-0.05, 0) is 61.2 Å². The third-order valence-corrected chi connectivity index (χ3v) is 6.69. The molecular formula is C19H23NO4S. The van der Waals surface area contributed by atoms with Crippen LogP contribution in [-0.4, -0.2) is 33.5 Å². The number of aryl methyl sites for hydroxylation is 1. The Bertz CT molecular complexity index is 892. The third-order valence-electron chi connectivity index (χ3n) is 4.73. The van der Waals surface area contributed by atoms with E-state index in [1.807, 2.05) is 32.0 Å². The van der Waals surface area contributed by atoms with E-state index in [9.17, 15) is 8.42 Å². The van der Waals surface area contributed by atoms with Gasteiger partial charge in [0, 0.05) is 12.6 Å². The van der Waals surface area contributed by atoms with Gasteiger partial charge in [-0.15, -0.1) is 0 Å². The summed E-state index contributed by atoms with van der Waals surface area (Å²) in [4.78, 5) is 0.336. The van der Waals surface area contributed by atoms with Crippen LogP contribution in [0.3, 0.4) is 0 Å². The zero-order valence-corrected chi connectivity index (χ0v) is 15.8. The van der Waals surface area contributed by atoms with Gasteiger partial charge in [-0.2, -0.15) is 4.31 Å². The van der Waals surface area contributed by atoms with Gasteiger partial charge < -0.3 is 9.47 Å². The standard InChI is InChI=1S/C19H23NO4S/c1-13-6-5-7-16(10-13)25(21,22)20-9-8-15-11-18(23-3)19(24-4)12-17(15)14(20)2/h5-7,10-12,14H,8-9H2,1-4H3/t14-/m1/s1. The van der Waals surface area contributed by atoms with Gasteiger partial charge >= 0.3 is 0 Å². The molecule has 0 N–H and O–H groups in total. The molecule has 0 saturated carbocycles. The molecule has 0 aromatic heterocycles. The fourth-order valence-electron chi connectivity index (χ4n) is 3.36. The van der Waals surface area contributed by atoms with Gasteiger partial charge in [0.15, 0.2) is 11.5 Å². The molecule has 0 bridgehead atoms. The van der Waals surface area contributed by atoms with Crippen LogP contribution in [0.15, 0.2) is 41.3 Å². The van der Waals surface area contributed by atoms with Crippen LogP contribution >= 0.6 is 0 Å². The smallest absolute Gasteiger partial charge is 0.243 e. The Balaban J connectivity index is 2.02. The van der Waals surface area contributed by atoms with Gasteiger partial charge in [0.1, 0.15) is 0 Å². The lowest BCUT2D eigenvalue weighted by Gasteiger charge is -2.34. The first-order valence-electron chi connectivity index (χ1n) is 8.21. The molecule has 1 heterocycles. The van der Waals surface area contributed by atoms with Crippen molar-refractivity contribution in [2.45, 2.75) is 31.2 Å². The van der Waals surface area contributed by atoms with Gasteiger partial charge in [-0.25, -0.2) is 8.42 Å². The van der Waals surface area contributed by atoms with Crippen LogP contribution < -0.4 is 9.47 Å². The fourth-order valence-corrected chi connectivity index (χ4v) is 5.08. The fraction of sp³-hybridized carbons (Fsp3) is 0.368. The number of hydrogen-bond acceptors (Lipinski definition) is 4. The summed E-state index contributed by atoms with van der Waals surface area (Å²) < 4.78 is 38.5. The zero-order valence-electron chi connectivity index (χ0n) is 14.9. The molecule has 5 nitrogen and oxygen atoms in total. The molecule has 2 aromatic carbocycles. The summed E-state index contributed by atoms with van der Waals surface area (Å²) in [5.41, 5.74) is 2.98. The molecule has 1 aliphatic rings. The van der Waals surface area contributed by atoms with Crippen molar-refractivity contribution in [3.8, 4) is 11.5 Å². The van der Waals surface area contributed by atoms with Crippen molar-refractivity contribution in [1.29, 1.82) is 0 Å². The van der Waals surface area contributed by atoms with Gasteiger partial charge in [0.25, 0.3) is 0 Å². The first-order valence-corrected chi connectivity index (χ1v) is 9.65. The molecule has 0 aliphatic carbocycles. The quantitative estimate of drug-likeness (QED) is 0.838. The Labute approximate surface area is 149 Å². The first-order chi connectivity index (χ1) is 11.9. The number of benzene rings is 2. The Morgan fingerprint density at radius 1 is 1.08 bits per heavy atom. The van der Waals surface area contributed by atoms with E-state index in [-0.39, 0.29) is 6.04 Å². The molecule has 0 unspecified atom stereocenters. The maximum absolute atomic E-state index is 13.1. The molecule has 0 saturated heterocycles. The average molecular weight is 361 g/mol. The summed E-state index contributed by atoms with van der Waals surface area (Å²) in [6, 6.07) is 10.6. The van der Waals surface area contributed by atoms with Crippen LogP contribution in [0.2, 0.25) is 0 Å². The van der Waals surface area contributed by atoms with Gasteiger partial charge in [-0.3, -0.25) is 0 Å². The first kappa shape index (κ1) is 17.8. The number of sulfonamides is 1. The van der Waals surface area contributed by atoms with Crippen LogP contribution in [0.25, 0.3) is 0 Å². The molecule has 0 spiro atoms. The molecule has 0 radical (unpaired) electrons. The highest BCUT2D eigenvalue weighted by molar-refractivity contribution is 7.89. The minimum atomic E-state index is -3.55. The molecule has 0 fully saturated rings. The molecule has 0 amide bonds. The van der Waals surface area contributed by atoms with Crippen LogP contribution in [0, 0.1) is 6.92 Å². The molecule has 1 atom stereocenters. The van der Waals surface area contributed by atoms with E-state index >= 15 is 0 Å². The van der Waals surface area contributed by atoms with Crippen LogP contribution in [-0.2, 0) is 16.4 Å². The van der Waals surface area contributed by atoms with Crippen molar-refractivity contribution >= 4 is 10.0 Å². The number of nitrogens with zero attached hydrogens (tertiary/aromatic N) is 1. The normalized spacial score (nSPS) is 17.8. The molecule has 1 aliphatic heterocycles. The number of hydrogen-bond donors (Lipinski definition) is 0. The topological polar surface area (TPSA) is 55.8 Å². The van der Waals surface area contributed by atoms with E-state index in [0.717, 1.165) is 16.7 Å². The van der Waals surface area contributed by atoms with E-state index in [1.165, 1.54) is 0 Å². The number of ether oxygens (including phenoxy) is 2. The zero-order chi connectivity index (χ0) is 18.2. The lowest BCUT2D eigenvalue weighted by atomic mass is 9.94. The highest BCUT2D eigenvalue weighted by Crippen LogP contribution is 2.39. The summed E-state index contributed by atoms with van der Waals surface area (Å²) in [6.45, 7) is 4.25. The predicted octanol–water partition coefficient (Wildman–Crippen LogP) is 3.32. The highest BCUT2D eigenvalue weighted by atomic mass is 32.2. The molecule has 134 valence electrons. The summed E-state index contributed by atoms with van der Waals surface area (Å²) in [6.07, 6.45) is 0.644. The SMILES string of the molecule is COc1cc2c(cc1OC)[C@@H](C)N(S(=O)(=O)c1cccc(C)c1)CC2. The molecule has 3 rings (SSSR count). The summed E-state index contributed by atoms with van der Waals surface area (Å²) >= 11 is 0. The third kappa shape index (κ3) is 3.12. The lowest BCUT2D eigenvalue weighted by molar-refractivity contribution is 0.319. The highest BCUT2D eigenvalue weighted by Gasteiger charge is 2.34. The molecule has 2 aromatic rings. The van der Waals surface area contributed by atoms with Crippen LogP contribution in [0.4, 0.5) is 0 Å². The Kier molecular flexibility index (Phi) is 4.75. The van der Waals surface area contributed by atoms with Gasteiger partial charge in [0.05, 0.1) is 19.1 Å². The number of rotatable bonds is 4. The maximum Gasteiger partial charge on any atom is 0.243 e. The largest absolute Gasteiger partial charge is 0.493 e. The van der Waals surface area contributed by atoms with Crippen molar-refractivity contribution < 1.29 is 17.9 Å². The van der Waals surface area contributed by atoms with Crippen molar-refractivity contribution in [3.05, 3.63) is 53.1 Å². The van der Waals surface area contributed by atoms with E-state index in [4.69, 9.17) is 9.47 Å². The summed E-state index contributed by atoms with van der Waals surface area (Å²) in [5, 5.41) is 0. The van der Waals surface area contributed by atoms with E-state index in [1.54, 1.807) is 36.7 Å². The number of methoxy groups -OCH3 is 2. The second-order valence-corrected chi connectivity index (χ2v) is 8.15. The monoisotopic (exact) mass is 361 g/mol. The van der Waals surface area contributed by atoms with Crippen molar-refractivity contribution in [1.82, 2.24) is 4.31 Å². The van der Waals surface area contributed by atoms with Crippen molar-refractivity contribution in [3.63, 3.8) is 0 Å². The van der Waals surface area contributed by atoms with E-state index in [0.29, 0.717) is 29.4 Å². The van der Waals surface area contributed by atoms with Gasteiger partial charge in [-0.1, -0.05) is 12.1 Å². The minimum absolute atomic E-state index is 0.269. The van der Waals surface area contributed by atoms with Crippen LogP contribution in [0.1, 0.15) is 29.7 Å².